The lowest BCUT2D eigenvalue weighted by molar-refractivity contribution is -0.133. The standard InChI is InChI=1S/C12H14BrNO2/c1-12(7-2-8-16-12)11(15)14-10-5-3-9(13)4-6-10/h3-6H,2,7-8H2,1H3,(H,14,15). The molecule has 3 nitrogen and oxygen atoms in total. The predicted molar refractivity (Wildman–Crippen MR) is 66.4 cm³/mol. The first-order valence-electron chi connectivity index (χ1n) is 5.31. The summed E-state index contributed by atoms with van der Waals surface area (Å²) in [6, 6.07) is 7.52. The van der Waals surface area contributed by atoms with Gasteiger partial charge in [-0.2, -0.15) is 0 Å². The number of hydrogen-bond donors (Lipinski definition) is 1. The van der Waals surface area contributed by atoms with E-state index in [0.29, 0.717) is 6.61 Å². The molecule has 1 amide bonds. The van der Waals surface area contributed by atoms with E-state index in [1.54, 1.807) is 0 Å². The number of benzene rings is 1. The number of nitrogens with one attached hydrogen (secondary N) is 1. The van der Waals surface area contributed by atoms with Gasteiger partial charge in [0, 0.05) is 16.8 Å². The third kappa shape index (κ3) is 2.44. The average molecular weight is 284 g/mol. The summed E-state index contributed by atoms with van der Waals surface area (Å²) in [5.74, 6) is -0.0627. The third-order valence-corrected chi connectivity index (χ3v) is 3.33. The van der Waals surface area contributed by atoms with Crippen LogP contribution in [0.5, 0.6) is 0 Å². The zero-order valence-corrected chi connectivity index (χ0v) is 10.7. The van der Waals surface area contributed by atoms with Crippen molar-refractivity contribution >= 4 is 27.5 Å². The maximum absolute atomic E-state index is 12.0. The Balaban J connectivity index is 2.04. The largest absolute Gasteiger partial charge is 0.365 e. The van der Waals surface area contributed by atoms with Crippen molar-refractivity contribution in [2.45, 2.75) is 25.4 Å². The van der Waals surface area contributed by atoms with E-state index >= 15 is 0 Å². The van der Waals surface area contributed by atoms with Crippen LogP contribution in [-0.4, -0.2) is 18.1 Å². The Morgan fingerprint density at radius 2 is 2.12 bits per heavy atom. The Hall–Kier alpha value is -0.870. The SMILES string of the molecule is CC1(C(=O)Nc2ccc(Br)cc2)CCCO1. The normalized spacial score (nSPS) is 24.4. The van der Waals surface area contributed by atoms with E-state index in [1.165, 1.54) is 0 Å². The van der Waals surface area contributed by atoms with Crippen molar-refractivity contribution in [3.05, 3.63) is 28.7 Å². The molecule has 16 heavy (non-hydrogen) atoms. The second-order valence-corrected chi connectivity index (χ2v) is 5.06. The van der Waals surface area contributed by atoms with Gasteiger partial charge < -0.3 is 10.1 Å². The van der Waals surface area contributed by atoms with Gasteiger partial charge in [0.15, 0.2) is 0 Å². The monoisotopic (exact) mass is 283 g/mol. The van der Waals surface area contributed by atoms with Crippen LogP contribution in [-0.2, 0) is 9.53 Å². The van der Waals surface area contributed by atoms with Crippen LogP contribution >= 0.6 is 15.9 Å². The van der Waals surface area contributed by atoms with E-state index in [0.717, 1.165) is 23.0 Å². The molecule has 1 aliphatic heterocycles. The molecule has 0 radical (unpaired) electrons. The molecule has 4 heteroatoms. The third-order valence-electron chi connectivity index (χ3n) is 2.80. The van der Waals surface area contributed by atoms with Crippen molar-refractivity contribution < 1.29 is 9.53 Å². The number of rotatable bonds is 2. The molecule has 0 bridgehead atoms. The quantitative estimate of drug-likeness (QED) is 0.906. The van der Waals surface area contributed by atoms with Crippen LogP contribution in [0.3, 0.4) is 0 Å². The van der Waals surface area contributed by atoms with E-state index in [9.17, 15) is 4.79 Å². The van der Waals surface area contributed by atoms with Crippen LogP contribution in [0.4, 0.5) is 5.69 Å². The van der Waals surface area contributed by atoms with Gasteiger partial charge in [-0.15, -0.1) is 0 Å². The Bertz CT molecular complexity index is 383. The minimum absolute atomic E-state index is 0.0627. The van der Waals surface area contributed by atoms with Gasteiger partial charge in [-0.1, -0.05) is 15.9 Å². The summed E-state index contributed by atoms with van der Waals surface area (Å²) < 4.78 is 6.47. The number of ether oxygens (including phenoxy) is 1. The summed E-state index contributed by atoms with van der Waals surface area (Å²) in [4.78, 5) is 12.0. The molecule has 2 rings (SSSR count). The lowest BCUT2D eigenvalue weighted by Gasteiger charge is -2.21. The minimum Gasteiger partial charge on any atom is -0.365 e. The molecule has 1 saturated heterocycles. The molecule has 1 N–H and O–H groups in total. The zero-order valence-electron chi connectivity index (χ0n) is 9.13. The summed E-state index contributed by atoms with van der Waals surface area (Å²) in [5.41, 5.74) is 0.137. The molecule has 1 unspecified atom stereocenters. The fourth-order valence-electron chi connectivity index (χ4n) is 1.75. The van der Waals surface area contributed by atoms with Gasteiger partial charge in [0.05, 0.1) is 0 Å². The van der Waals surface area contributed by atoms with Gasteiger partial charge in [0.2, 0.25) is 0 Å². The maximum Gasteiger partial charge on any atom is 0.256 e. The lowest BCUT2D eigenvalue weighted by atomic mass is 10.0. The highest BCUT2D eigenvalue weighted by molar-refractivity contribution is 9.10. The highest BCUT2D eigenvalue weighted by Crippen LogP contribution is 2.26. The minimum atomic E-state index is -0.660. The first kappa shape index (κ1) is 11.6. The molecule has 1 heterocycles. The molecule has 0 aliphatic carbocycles. The highest BCUT2D eigenvalue weighted by Gasteiger charge is 2.37. The van der Waals surface area contributed by atoms with Crippen LogP contribution in [0.15, 0.2) is 28.7 Å². The van der Waals surface area contributed by atoms with Crippen LogP contribution in [0.2, 0.25) is 0 Å². The molecule has 0 spiro atoms. The van der Waals surface area contributed by atoms with Crippen molar-refractivity contribution in [1.29, 1.82) is 0 Å². The van der Waals surface area contributed by atoms with Crippen molar-refractivity contribution in [3.63, 3.8) is 0 Å². The van der Waals surface area contributed by atoms with E-state index in [4.69, 9.17) is 4.74 Å². The summed E-state index contributed by atoms with van der Waals surface area (Å²) in [6.45, 7) is 2.51. The fourth-order valence-corrected chi connectivity index (χ4v) is 2.02. The van der Waals surface area contributed by atoms with Crippen LogP contribution in [0.25, 0.3) is 0 Å². The van der Waals surface area contributed by atoms with Gasteiger partial charge in [0.25, 0.3) is 5.91 Å². The van der Waals surface area contributed by atoms with Crippen molar-refractivity contribution in [1.82, 2.24) is 0 Å². The predicted octanol–water partition coefficient (Wildman–Crippen LogP) is 2.96. The number of amides is 1. The van der Waals surface area contributed by atoms with Crippen molar-refractivity contribution in [3.8, 4) is 0 Å². The summed E-state index contributed by atoms with van der Waals surface area (Å²) in [7, 11) is 0. The Labute approximate surface area is 103 Å². The molecule has 1 aliphatic rings. The van der Waals surface area contributed by atoms with Crippen molar-refractivity contribution in [2.75, 3.05) is 11.9 Å². The van der Waals surface area contributed by atoms with Gasteiger partial charge in [0.1, 0.15) is 5.60 Å². The molecule has 0 saturated carbocycles. The summed E-state index contributed by atoms with van der Waals surface area (Å²) in [5, 5.41) is 2.87. The molecule has 1 aromatic rings. The molecule has 1 aromatic carbocycles. The molecule has 1 atom stereocenters. The number of carbonyl (C=O) groups is 1. The first-order chi connectivity index (χ1) is 7.60. The van der Waals surface area contributed by atoms with Gasteiger partial charge >= 0.3 is 0 Å². The topological polar surface area (TPSA) is 38.3 Å². The second-order valence-electron chi connectivity index (χ2n) is 4.14. The molecule has 0 aromatic heterocycles. The van der Waals surface area contributed by atoms with Gasteiger partial charge in [-0.05, 0) is 44.0 Å². The smallest absolute Gasteiger partial charge is 0.256 e. The second kappa shape index (κ2) is 4.55. The first-order valence-corrected chi connectivity index (χ1v) is 6.10. The Morgan fingerprint density at radius 1 is 1.44 bits per heavy atom. The average Bonchev–Trinajstić information content (AvgIpc) is 2.70. The Kier molecular flexibility index (Phi) is 3.30. The highest BCUT2D eigenvalue weighted by atomic mass is 79.9. The van der Waals surface area contributed by atoms with E-state index in [2.05, 4.69) is 21.2 Å². The molecular formula is C12H14BrNO2. The molecule has 86 valence electrons. The fraction of sp³-hybridized carbons (Fsp3) is 0.417. The van der Waals surface area contributed by atoms with Crippen LogP contribution < -0.4 is 5.32 Å². The van der Waals surface area contributed by atoms with Crippen LogP contribution in [0.1, 0.15) is 19.8 Å². The van der Waals surface area contributed by atoms with Gasteiger partial charge in [-0.25, -0.2) is 0 Å². The van der Waals surface area contributed by atoms with E-state index < -0.39 is 5.60 Å². The number of anilines is 1. The zero-order chi connectivity index (χ0) is 11.6. The number of carbonyl (C=O) groups excluding carboxylic acids is 1. The van der Waals surface area contributed by atoms with E-state index in [-0.39, 0.29) is 5.91 Å². The number of hydrogen-bond acceptors (Lipinski definition) is 2. The summed E-state index contributed by atoms with van der Waals surface area (Å²) >= 11 is 3.35. The van der Waals surface area contributed by atoms with E-state index in [1.807, 2.05) is 31.2 Å². The molecular weight excluding hydrogens is 270 g/mol. The van der Waals surface area contributed by atoms with Crippen molar-refractivity contribution in [2.24, 2.45) is 0 Å². The molecule has 1 fully saturated rings. The van der Waals surface area contributed by atoms with Crippen LogP contribution in [0, 0.1) is 0 Å². The summed E-state index contributed by atoms with van der Waals surface area (Å²) in [6.07, 6.45) is 1.74. The van der Waals surface area contributed by atoms with Gasteiger partial charge in [-0.3, -0.25) is 4.79 Å². The number of halogens is 1. The lowest BCUT2D eigenvalue weighted by Crippen LogP contribution is -2.39. The Morgan fingerprint density at radius 3 is 2.69 bits per heavy atom. The maximum atomic E-state index is 12.0.